The Hall–Kier alpha value is -3.87. The van der Waals surface area contributed by atoms with Gasteiger partial charge in [-0.05, 0) is 26.0 Å². The summed E-state index contributed by atoms with van der Waals surface area (Å²) in [5.74, 6) is 0.461. The van der Waals surface area contributed by atoms with Crippen LogP contribution in [0.5, 0.6) is 11.5 Å². The molecule has 0 N–H and O–H groups in total. The van der Waals surface area contributed by atoms with Crippen LogP contribution in [0, 0.1) is 12.7 Å². The number of halogens is 1. The van der Waals surface area contributed by atoms with Gasteiger partial charge in [-0.1, -0.05) is 11.2 Å². The summed E-state index contributed by atoms with van der Waals surface area (Å²) in [5.41, 5.74) is 1.50. The first-order valence-electron chi connectivity index (χ1n) is 10.5. The molecule has 0 aliphatic carbocycles. The van der Waals surface area contributed by atoms with E-state index in [0.29, 0.717) is 34.3 Å². The van der Waals surface area contributed by atoms with Crippen LogP contribution < -0.4 is 9.47 Å². The van der Waals surface area contributed by atoms with E-state index in [1.165, 1.54) is 27.4 Å². The number of aromatic nitrogens is 6. The minimum absolute atomic E-state index is 0.00630. The first-order chi connectivity index (χ1) is 16.7. The maximum absolute atomic E-state index is 13.3. The van der Waals surface area contributed by atoms with Crippen molar-refractivity contribution in [2.75, 3.05) is 14.2 Å². The largest absolute Gasteiger partial charge is 0.494 e. The van der Waals surface area contributed by atoms with Gasteiger partial charge in [0.2, 0.25) is 0 Å². The highest BCUT2D eigenvalue weighted by atomic mass is 32.2. The molecule has 0 saturated carbocycles. The van der Waals surface area contributed by atoms with Gasteiger partial charge in [0.15, 0.2) is 27.3 Å². The number of benzene rings is 1. The molecule has 0 aliphatic heterocycles. The Morgan fingerprint density at radius 2 is 1.77 bits per heavy atom. The summed E-state index contributed by atoms with van der Waals surface area (Å²) in [4.78, 5) is 7.73. The van der Waals surface area contributed by atoms with E-state index < -0.39 is 26.7 Å². The van der Waals surface area contributed by atoms with Crippen LogP contribution in [0.3, 0.4) is 0 Å². The van der Waals surface area contributed by atoms with Crippen molar-refractivity contribution in [3.63, 3.8) is 0 Å². The van der Waals surface area contributed by atoms with Gasteiger partial charge in [-0.2, -0.15) is 0 Å². The molecule has 184 valence electrons. The van der Waals surface area contributed by atoms with Crippen LogP contribution in [0.25, 0.3) is 17.1 Å². The van der Waals surface area contributed by atoms with Crippen molar-refractivity contribution in [1.29, 1.82) is 0 Å². The number of para-hydroxylation sites is 1. The van der Waals surface area contributed by atoms with Crippen LogP contribution in [0.2, 0.25) is 0 Å². The predicted molar refractivity (Wildman–Crippen MR) is 122 cm³/mol. The first-order valence-corrected chi connectivity index (χ1v) is 12.2. The molecular formula is C22H23FN6O5S. The minimum Gasteiger partial charge on any atom is -0.494 e. The average Bonchev–Trinajstić information content (AvgIpc) is 3.44. The summed E-state index contributed by atoms with van der Waals surface area (Å²) in [7, 11) is -0.786. The highest BCUT2D eigenvalue weighted by Gasteiger charge is 2.30. The van der Waals surface area contributed by atoms with Gasteiger partial charge in [0, 0.05) is 6.42 Å². The van der Waals surface area contributed by atoms with E-state index in [0.717, 1.165) is 12.4 Å². The molecule has 0 fully saturated rings. The number of hydrogen-bond acceptors (Lipinski definition) is 10. The van der Waals surface area contributed by atoms with Crippen molar-refractivity contribution >= 4 is 9.84 Å². The maximum Gasteiger partial charge on any atom is 0.174 e. The van der Waals surface area contributed by atoms with Crippen LogP contribution in [0.15, 0.2) is 41.4 Å². The molecule has 11 nitrogen and oxygen atoms in total. The molecule has 35 heavy (non-hydrogen) atoms. The lowest BCUT2D eigenvalue weighted by Gasteiger charge is -2.18. The van der Waals surface area contributed by atoms with Crippen molar-refractivity contribution in [1.82, 2.24) is 29.9 Å². The number of sulfone groups is 1. The fourth-order valence-corrected chi connectivity index (χ4v) is 4.76. The number of rotatable bonds is 9. The molecule has 1 atom stereocenters. The number of hydrogen-bond donors (Lipinski definition) is 0. The monoisotopic (exact) mass is 502 g/mol. The molecule has 0 spiro atoms. The lowest BCUT2D eigenvalue weighted by atomic mass is 10.2. The highest BCUT2D eigenvalue weighted by Crippen LogP contribution is 2.37. The second kappa shape index (κ2) is 9.78. The number of nitrogens with zero attached hydrogens (tertiary/aromatic N) is 6. The molecule has 4 aromatic rings. The van der Waals surface area contributed by atoms with Gasteiger partial charge in [-0.3, -0.25) is 4.57 Å². The van der Waals surface area contributed by atoms with E-state index >= 15 is 0 Å². The van der Waals surface area contributed by atoms with Gasteiger partial charge >= 0.3 is 0 Å². The van der Waals surface area contributed by atoms with E-state index in [2.05, 4.69) is 25.3 Å². The van der Waals surface area contributed by atoms with Gasteiger partial charge < -0.3 is 14.0 Å². The van der Waals surface area contributed by atoms with Gasteiger partial charge in [-0.15, -0.1) is 10.2 Å². The minimum atomic E-state index is -3.77. The summed E-state index contributed by atoms with van der Waals surface area (Å²) in [6.45, 7) is 3.27. The molecule has 0 radical (unpaired) electrons. The maximum atomic E-state index is 13.3. The van der Waals surface area contributed by atoms with Crippen molar-refractivity contribution in [3.05, 3.63) is 60.0 Å². The molecule has 0 aliphatic rings. The summed E-state index contributed by atoms with van der Waals surface area (Å²) < 4.78 is 57.5. The highest BCUT2D eigenvalue weighted by molar-refractivity contribution is 7.91. The van der Waals surface area contributed by atoms with E-state index in [9.17, 15) is 12.8 Å². The molecule has 1 aromatic carbocycles. The zero-order valence-electron chi connectivity index (χ0n) is 19.5. The molecule has 3 aromatic heterocycles. The normalized spacial score (nSPS) is 12.5. The fraction of sp³-hybridized carbons (Fsp3) is 0.318. The Balaban J connectivity index is 1.80. The standard InChI is InChI=1S/C22H23FN6O5S/c1-13(8-19-24-9-15(23)10-25-19)35(30,31)12-20-26-27-22(16-11-34-28-14(16)2)29(20)21-17(32-3)6-5-7-18(21)33-4/h5-7,9-11,13H,8,12H2,1-4H3/t13-/m1/s1. The second-order valence-corrected chi connectivity index (χ2v) is 10.2. The summed E-state index contributed by atoms with van der Waals surface area (Å²) in [6, 6.07) is 5.18. The van der Waals surface area contributed by atoms with Crippen molar-refractivity contribution in [3.8, 4) is 28.6 Å². The molecule has 13 heteroatoms. The molecular weight excluding hydrogens is 479 g/mol. The SMILES string of the molecule is COc1cccc(OC)c1-n1c(CS(=O)(=O)[C@H](C)Cc2ncc(F)cn2)nnc1-c1conc1C. The van der Waals surface area contributed by atoms with Gasteiger partial charge in [0.1, 0.15) is 35.0 Å². The number of ether oxygens (including phenoxy) is 2. The van der Waals surface area contributed by atoms with E-state index in [4.69, 9.17) is 14.0 Å². The van der Waals surface area contributed by atoms with Crippen molar-refractivity contribution in [2.45, 2.75) is 31.3 Å². The van der Waals surface area contributed by atoms with Gasteiger partial charge in [0.25, 0.3) is 0 Å². The Bertz CT molecular complexity index is 1410. The number of methoxy groups -OCH3 is 2. The van der Waals surface area contributed by atoms with Crippen LogP contribution in [0.1, 0.15) is 24.3 Å². The molecule has 0 amide bonds. The van der Waals surface area contributed by atoms with Gasteiger partial charge in [0.05, 0.1) is 43.1 Å². The second-order valence-electron chi connectivity index (χ2n) is 7.74. The smallest absolute Gasteiger partial charge is 0.174 e. The third-order valence-electron chi connectivity index (χ3n) is 5.43. The van der Waals surface area contributed by atoms with E-state index in [-0.39, 0.29) is 18.1 Å². The van der Waals surface area contributed by atoms with Crippen molar-refractivity contribution < 1.29 is 26.8 Å². The van der Waals surface area contributed by atoms with E-state index in [1.807, 2.05) is 0 Å². The Morgan fingerprint density at radius 1 is 1.11 bits per heavy atom. The van der Waals surface area contributed by atoms with Crippen LogP contribution >= 0.6 is 0 Å². The molecule has 0 bridgehead atoms. The zero-order valence-corrected chi connectivity index (χ0v) is 20.3. The zero-order chi connectivity index (χ0) is 25.2. The summed E-state index contributed by atoms with van der Waals surface area (Å²) >= 11 is 0. The Labute approximate surface area is 200 Å². The predicted octanol–water partition coefficient (Wildman–Crippen LogP) is 2.72. The fourth-order valence-electron chi connectivity index (χ4n) is 3.53. The van der Waals surface area contributed by atoms with Crippen LogP contribution in [0.4, 0.5) is 4.39 Å². The first kappa shape index (κ1) is 24.3. The average molecular weight is 503 g/mol. The van der Waals surface area contributed by atoms with Gasteiger partial charge in [-0.25, -0.2) is 22.8 Å². The Kier molecular flexibility index (Phi) is 6.78. The topological polar surface area (TPSA) is 135 Å². The Morgan fingerprint density at radius 3 is 2.34 bits per heavy atom. The van der Waals surface area contributed by atoms with E-state index in [1.54, 1.807) is 29.7 Å². The lowest BCUT2D eigenvalue weighted by Crippen LogP contribution is -2.24. The molecule has 0 saturated heterocycles. The molecule has 4 rings (SSSR count). The molecule has 3 heterocycles. The third-order valence-corrected chi connectivity index (χ3v) is 7.49. The third kappa shape index (κ3) is 4.85. The van der Waals surface area contributed by atoms with Crippen molar-refractivity contribution in [2.24, 2.45) is 0 Å². The van der Waals surface area contributed by atoms with Crippen LogP contribution in [-0.4, -0.2) is 57.8 Å². The summed E-state index contributed by atoms with van der Waals surface area (Å²) in [5, 5.41) is 11.5. The van der Waals surface area contributed by atoms with Crippen LogP contribution in [-0.2, 0) is 22.0 Å². The lowest BCUT2D eigenvalue weighted by molar-refractivity contribution is 0.390. The molecule has 0 unspecified atom stereocenters. The number of aryl methyl sites for hydroxylation is 1. The summed E-state index contributed by atoms with van der Waals surface area (Å²) in [6.07, 6.45) is 3.41. The quantitative estimate of drug-likeness (QED) is 0.336.